The van der Waals surface area contributed by atoms with E-state index in [0.717, 1.165) is 39.1 Å². The zero-order valence-electron chi connectivity index (χ0n) is 18.2. The number of aromatic amines is 1. The molecule has 3 aromatic carbocycles. The SMILES string of the molecule is Cc1cccc(-n2c(SCC(=O)NCc3ccccc3)nnc2-c2c[nH]c3ccccc23)c1. The summed E-state index contributed by atoms with van der Waals surface area (Å²) < 4.78 is 2.03. The topological polar surface area (TPSA) is 75.6 Å². The number of hydrogen-bond acceptors (Lipinski definition) is 4. The monoisotopic (exact) mass is 453 g/mol. The summed E-state index contributed by atoms with van der Waals surface area (Å²) in [7, 11) is 0. The lowest BCUT2D eigenvalue weighted by molar-refractivity contribution is -0.118. The Bertz CT molecular complexity index is 1410. The molecule has 0 bridgehead atoms. The maximum absolute atomic E-state index is 12.5. The van der Waals surface area contributed by atoms with Crippen LogP contribution < -0.4 is 5.32 Å². The molecule has 0 fully saturated rings. The minimum atomic E-state index is -0.0451. The minimum Gasteiger partial charge on any atom is -0.360 e. The Hall–Kier alpha value is -3.84. The second-order valence-corrected chi connectivity index (χ2v) is 8.72. The van der Waals surface area contributed by atoms with Crippen molar-refractivity contribution in [2.24, 2.45) is 0 Å². The zero-order valence-corrected chi connectivity index (χ0v) is 19.0. The van der Waals surface area contributed by atoms with Crippen LogP contribution in [0.15, 0.2) is 90.2 Å². The van der Waals surface area contributed by atoms with Gasteiger partial charge in [-0.3, -0.25) is 9.36 Å². The molecule has 0 unspecified atom stereocenters. The lowest BCUT2D eigenvalue weighted by atomic mass is 10.1. The Balaban J connectivity index is 1.43. The Morgan fingerprint density at radius 3 is 2.67 bits per heavy atom. The predicted molar refractivity (Wildman–Crippen MR) is 132 cm³/mol. The van der Waals surface area contributed by atoms with Crippen molar-refractivity contribution in [2.45, 2.75) is 18.6 Å². The lowest BCUT2D eigenvalue weighted by Gasteiger charge is -2.11. The molecule has 0 saturated heterocycles. The van der Waals surface area contributed by atoms with Crippen molar-refractivity contribution in [3.8, 4) is 17.1 Å². The first-order valence-electron chi connectivity index (χ1n) is 10.7. The highest BCUT2D eigenvalue weighted by atomic mass is 32.2. The number of carbonyl (C=O) groups excluding carboxylic acids is 1. The van der Waals surface area contributed by atoms with Gasteiger partial charge in [-0.2, -0.15) is 0 Å². The van der Waals surface area contributed by atoms with E-state index in [1.54, 1.807) is 0 Å². The summed E-state index contributed by atoms with van der Waals surface area (Å²) in [5, 5.41) is 13.7. The van der Waals surface area contributed by atoms with Crippen LogP contribution in [0.2, 0.25) is 0 Å². The van der Waals surface area contributed by atoms with Gasteiger partial charge in [-0.05, 0) is 36.2 Å². The first-order chi connectivity index (χ1) is 16.2. The number of aromatic nitrogens is 4. The summed E-state index contributed by atoms with van der Waals surface area (Å²) in [6.07, 6.45) is 1.96. The van der Waals surface area contributed by atoms with Gasteiger partial charge in [0, 0.05) is 34.9 Å². The maximum Gasteiger partial charge on any atom is 0.230 e. The zero-order chi connectivity index (χ0) is 22.6. The van der Waals surface area contributed by atoms with E-state index in [2.05, 4.69) is 45.6 Å². The predicted octanol–water partition coefficient (Wildman–Crippen LogP) is 5.13. The molecule has 0 aliphatic heterocycles. The molecule has 2 aromatic heterocycles. The molecule has 2 N–H and O–H groups in total. The van der Waals surface area contributed by atoms with Crippen LogP contribution in [0.25, 0.3) is 28.0 Å². The van der Waals surface area contributed by atoms with Crippen LogP contribution in [0, 0.1) is 6.92 Å². The number of para-hydroxylation sites is 1. The number of H-pyrrole nitrogens is 1. The van der Waals surface area contributed by atoms with E-state index < -0.39 is 0 Å². The molecule has 0 spiro atoms. The Kier molecular flexibility index (Phi) is 5.95. The van der Waals surface area contributed by atoms with Gasteiger partial charge in [-0.25, -0.2) is 0 Å². The normalized spacial score (nSPS) is 11.1. The van der Waals surface area contributed by atoms with E-state index in [4.69, 9.17) is 0 Å². The van der Waals surface area contributed by atoms with Crippen molar-refractivity contribution in [1.29, 1.82) is 0 Å². The van der Waals surface area contributed by atoms with Gasteiger partial charge in [0.05, 0.1) is 5.75 Å². The van der Waals surface area contributed by atoms with Gasteiger partial charge in [-0.1, -0.05) is 72.4 Å². The van der Waals surface area contributed by atoms with Crippen molar-refractivity contribution >= 4 is 28.6 Å². The molecule has 164 valence electrons. The van der Waals surface area contributed by atoms with E-state index in [0.29, 0.717) is 11.7 Å². The number of carbonyl (C=O) groups is 1. The number of thioether (sulfide) groups is 1. The van der Waals surface area contributed by atoms with Crippen molar-refractivity contribution in [3.63, 3.8) is 0 Å². The van der Waals surface area contributed by atoms with Crippen LogP contribution in [-0.2, 0) is 11.3 Å². The molecule has 6 nitrogen and oxygen atoms in total. The van der Waals surface area contributed by atoms with E-state index in [1.165, 1.54) is 11.8 Å². The van der Waals surface area contributed by atoms with Gasteiger partial charge in [0.2, 0.25) is 5.91 Å². The minimum absolute atomic E-state index is 0.0451. The van der Waals surface area contributed by atoms with Crippen LogP contribution in [0.5, 0.6) is 0 Å². The molecule has 2 heterocycles. The third kappa shape index (κ3) is 4.54. The summed E-state index contributed by atoms with van der Waals surface area (Å²) in [5.74, 6) is 0.950. The molecule has 0 radical (unpaired) electrons. The average molecular weight is 454 g/mol. The number of nitrogens with one attached hydrogen (secondary N) is 2. The number of rotatable bonds is 7. The molecule has 0 aliphatic rings. The highest BCUT2D eigenvalue weighted by Crippen LogP contribution is 2.32. The summed E-state index contributed by atoms with van der Waals surface area (Å²) in [6.45, 7) is 2.56. The van der Waals surface area contributed by atoms with E-state index in [9.17, 15) is 4.79 Å². The van der Waals surface area contributed by atoms with Gasteiger partial charge in [0.15, 0.2) is 11.0 Å². The number of hydrogen-bond donors (Lipinski definition) is 2. The third-order valence-corrected chi connectivity index (χ3v) is 6.32. The smallest absolute Gasteiger partial charge is 0.230 e. The summed E-state index contributed by atoms with van der Waals surface area (Å²) >= 11 is 1.38. The molecule has 7 heteroatoms. The van der Waals surface area contributed by atoms with Crippen molar-refractivity contribution in [2.75, 3.05) is 5.75 Å². The van der Waals surface area contributed by atoms with Gasteiger partial charge < -0.3 is 10.3 Å². The summed E-state index contributed by atoms with van der Waals surface area (Å²) in [5.41, 5.74) is 5.19. The van der Waals surface area contributed by atoms with E-state index in [1.807, 2.05) is 71.4 Å². The van der Waals surface area contributed by atoms with Crippen LogP contribution >= 0.6 is 11.8 Å². The molecular formula is C26H23N5OS. The number of amides is 1. The highest BCUT2D eigenvalue weighted by molar-refractivity contribution is 7.99. The van der Waals surface area contributed by atoms with E-state index >= 15 is 0 Å². The first kappa shape index (κ1) is 21.0. The molecule has 5 rings (SSSR count). The number of benzene rings is 3. The Morgan fingerprint density at radius 2 is 1.82 bits per heavy atom. The van der Waals surface area contributed by atoms with Crippen LogP contribution in [0.4, 0.5) is 0 Å². The quantitative estimate of drug-likeness (QED) is 0.335. The molecule has 0 atom stereocenters. The fourth-order valence-electron chi connectivity index (χ4n) is 3.77. The largest absolute Gasteiger partial charge is 0.360 e. The van der Waals surface area contributed by atoms with Gasteiger partial charge >= 0.3 is 0 Å². The molecule has 33 heavy (non-hydrogen) atoms. The van der Waals surface area contributed by atoms with Gasteiger partial charge in [-0.15, -0.1) is 10.2 Å². The van der Waals surface area contributed by atoms with Crippen LogP contribution in [-0.4, -0.2) is 31.4 Å². The van der Waals surface area contributed by atoms with Gasteiger partial charge in [0.25, 0.3) is 0 Å². The molecule has 1 amide bonds. The van der Waals surface area contributed by atoms with Crippen molar-refractivity contribution in [1.82, 2.24) is 25.1 Å². The number of nitrogens with zero attached hydrogens (tertiary/aromatic N) is 3. The van der Waals surface area contributed by atoms with Crippen LogP contribution in [0.1, 0.15) is 11.1 Å². The van der Waals surface area contributed by atoms with Gasteiger partial charge in [0.1, 0.15) is 0 Å². The fraction of sp³-hybridized carbons (Fsp3) is 0.115. The number of aryl methyl sites for hydroxylation is 1. The standard InChI is InChI=1S/C26H23N5OS/c1-18-8-7-11-20(14-18)31-25(22-16-27-23-13-6-5-12-21(22)23)29-30-26(31)33-17-24(32)28-15-19-9-3-2-4-10-19/h2-14,16,27H,15,17H2,1H3,(H,28,32). The lowest BCUT2D eigenvalue weighted by Crippen LogP contribution is -2.24. The van der Waals surface area contributed by atoms with Crippen LogP contribution in [0.3, 0.4) is 0 Å². The second kappa shape index (κ2) is 9.34. The molecule has 0 saturated carbocycles. The second-order valence-electron chi connectivity index (χ2n) is 7.78. The summed E-state index contributed by atoms with van der Waals surface area (Å²) in [6, 6.07) is 26.2. The fourth-order valence-corrected chi connectivity index (χ4v) is 4.55. The third-order valence-electron chi connectivity index (χ3n) is 5.39. The Labute approximate surface area is 196 Å². The first-order valence-corrected chi connectivity index (χ1v) is 11.7. The number of fused-ring (bicyclic) bond motifs is 1. The maximum atomic E-state index is 12.5. The molecule has 5 aromatic rings. The summed E-state index contributed by atoms with van der Waals surface area (Å²) in [4.78, 5) is 15.8. The van der Waals surface area contributed by atoms with Crippen molar-refractivity contribution in [3.05, 3.63) is 96.2 Å². The average Bonchev–Trinajstić information content (AvgIpc) is 3.46. The van der Waals surface area contributed by atoms with E-state index in [-0.39, 0.29) is 11.7 Å². The molecule has 0 aliphatic carbocycles. The molecular weight excluding hydrogens is 430 g/mol. The Morgan fingerprint density at radius 1 is 1.00 bits per heavy atom. The van der Waals surface area contributed by atoms with Crippen molar-refractivity contribution < 1.29 is 4.79 Å². The highest BCUT2D eigenvalue weighted by Gasteiger charge is 2.19.